The van der Waals surface area contributed by atoms with E-state index in [-0.39, 0.29) is 18.5 Å². The van der Waals surface area contributed by atoms with Crippen molar-refractivity contribution in [1.82, 2.24) is 5.32 Å². The molecule has 1 heterocycles. The molecule has 5 rings (SSSR count). The predicted octanol–water partition coefficient (Wildman–Crippen LogP) is 5.26. The highest BCUT2D eigenvalue weighted by Gasteiger charge is 2.50. The lowest BCUT2D eigenvalue weighted by Crippen LogP contribution is -2.22. The second kappa shape index (κ2) is 8.98. The molecule has 0 bridgehead atoms. The van der Waals surface area contributed by atoms with E-state index in [1.807, 2.05) is 37.3 Å². The van der Waals surface area contributed by atoms with Crippen LogP contribution in [0.25, 0.3) is 11.1 Å². The van der Waals surface area contributed by atoms with Gasteiger partial charge in [0.25, 0.3) is 0 Å². The molecule has 1 saturated carbocycles. The average Bonchev–Trinajstić information content (AvgIpc) is 3.54. The van der Waals surface area contributed by atoms with E-state index < -0.39 is 5.41 Å². The van der Waals surface area contributed by atoms with Gasteiger partial charge in [0.05, 0.1) is 5.41 Å². The summed E-state index contributed by atoms with van der Waals surface area (Å²) in [6.07, 6.45) is 2.64. The quantitative estimate of drug-likeness (QED) is 0.503. The van der Waals surface area contributed by atoms with E-state index in [4.69, 9.17) is 9.47 Å². The first-order valence-corrected chi connectivity index (χ1v) is 11.9. The smallest absolute Gasteiger partial charge is 0.231 e. The van der Waals surface area contributed by atoms with Crippen LogP contribution in [0.1, 0.15) is 48.4 Å². The molecule has 0 radical (unpaired) electrons. The number of ketones is 1. The lowest BCUT2D eigenvalue weighted by atomic mass is 9.87. The third-order valence-corrected chi connectivity index (χ3v) is 6.95. The van der Waals surface area contributed by atoms with Crippen molar-refractivity contribution in [2.75, 3.05) is 6.79 Å². The van der Waals surface area contributed by atoms with Crippen LogP contribution in [0.2, 0.25) is 0 Å². The molecule has 1 aliphatic carbocycles. The zero-order chi connectivity index (χ0) is 23.7. The van der Waals surface area contributed by atoms with Gasteiger partial charge >= 0.3 is 0 Å². The molecule has 0 unspecified atom stereocenters. The van der Waals surface area contributed by atoms with Crippen LogP contribution < -0.4 is 14.8 Å². The maximum absolute atomic E-state index is 13.4. The summed E-state index contributed by atoms with van der Waals surface area (Å²) in [6.45, 7) is 4.70. The highest BCUT2D eigenvalue weighted by Crippen LogP contribution is 2.51. The van der Waals surface area contributed by atoms with Crippen molar-refractivity contribution in [2.45, 2.75) is 51.5 Å². The first-order chi connectivity index (χ1) is 16.5. The molecule has 5 nitrogen and oxygen atoms in total. The van der Waals surface area contributed by atoms with Crippen LogP contribution in [0.15, 0.2) is 60.7 Å². The van der Waals surface area contributed by atoms with Crippen molar-refractivity contribution in [1.29, 1.82) is 0 Å². The Hall–Kier alpha value is -3.60. The van der Waals surface area contributed by atoms with Crippen LogP contribution in [0.4, 0.5) is 0 Å². The summed E-state index contributed by atoms with van der Waals surface area (Å²) in [4.78, 5) is 24.9. The van der Waals surface area contributed by atoms with Crippen molar-refractivity contribution in [2.24, 2.45) is 0 Å². The molecule has 1 N–H and O–H groups in total. The highest BCUT2D eigenvalue weighted by molar-refractivity contribution is 5.95. The van der Waals surface area contributed by atoms with E-state index in [2.05, 4.69) is 42.6 Å². The number of carbonyl (C=O) groups is 2. The zero-order valence-corrected chi connectivity index (χ0v) is 19.6. The van der Waals surface area contributed by atoms with Crippen molar-refractivity contribution in [3.63, 3.8) is 0 Å². The minimum atomic E-state index is -0.406. The van der Waals surface area contributed by atoms with Crippen molar-refractivity contribution in [3.8, 4) is 22.6 Å². The third-order valence-electron chi connectivity index (χ3n) is 6.95. The summed E-state index contributed by atoms with van der Waals surface area (Å²) < 4.78 is 10.9. The number of fused-ring (bicyclic) bond motifs is 1. The molecule has 0 atom stereocenters. The van der Waals surface area contributed by atoms with Gasteiger partial charge in [-0.1, -0.05) is 55.5 Å². The van der Waals surface area contributed by atoms with E-state index >= 15 is 0 Å². The number of benzene rings is 3. The standard InChI is InChI=1S/C29H29NO4/c1-3-28(32)30-17-20-6-8-22(9-7-20)24-14-21(5-4-19(24)2)15-27(31)29(12-13-29)23-10-11-25-26(16-23)34-18-33-25/h4-11,14,16H,3,12-13,15,17-18H2,1-2H3,(H,30,32). The van der Waals surface area contributed by atoms with Gasteiger partial charge in [0.2, 0.25) is 12.7 Å². The highest BCUT2D eigenvalue weighted by atomic mass is 16.7. The number of aryl methyl sites for hydroxylation is 1. The zero-order valence-electron chi connectivity index (χ0n) is 19.6. The Morgan fingerprint density at radius 2 is 1.65 bits per heavy atom. The largest absolute Gasteiger partial charge is 0.454 e. The number of carbonyl (C=O) groups excluding carboxylic acids is 2. The van der Waals surface area contributed by atoms with Crippen LogP contribution in [0, 0.1) is 6.92 Å². The van der Waals surface area contributed by atoms with Gasteiger partial charge in [-0.15, -0.1) is 0 Å². The second-order valence-corrected chi connectivity index (χ2v) is 9.23. The molecule has 3 aromatic carbocycles. The molecular weight excluding hydrogens is 426 g/mol. The topological polar surface area (TPSA) is 64.6 Å². The van der Waals surface area contributed by atoms with Gasteiger partial charge in [0, 0.05) is 19.4 Å². The normalized spacial score (nSPS) is 15.1. The fourth-order valence-electron chi connectivity index (χ4n) is 4.62. The molecular formula is C29H29NO4. The van der Waals surface area contributed by atoms with Gasteiger partial charge in [-0.05, 0) is 65.3 Å². The molecule has 3 aromatic rings. The van der Waals surface area contributed by atoms with E-state index in [0.717, 1.165) is 52.2 Å². The second-order valence-electron chi connectivity index (χ2n) is 9.23. The van der Waals surface area contributed by atoms with Crippen LogP contribution in [-0.2, 0) is 28.0 Å². The third kappa shape index (κ3) is 4.30. The first-order valence-electron chi connectivity index (χ1n) is 11.9. The van der Waals surface area contributed by atoms with Gasteiger partial charge in [0.15, 0.2) is 11.5 Å². The van der Waals surface area contributed by atoms with Gasteiger partial charge in [-0.2, -0.15) is 0 Å². The van der Waals surface area contributed by atoms with Crippen molar-refractivity contribution in [3.05, 3.63) is 82.9 Å². The lowest BCUT2D eigenvalue weighted by molar-refractivity contribution is -0.121. The number of amides is 1. The summed E-state index contributed by atoms with van der Waals surface area (Å²) in [5, 5.41) is 2.91. The number of nitrogens with one attached hydrogen (secondary N) is 1. The van der Waals surface area contributed by atoms with Crippen LogP contribution in [0.3, 0.4) is 0 Å². The fraction of sp³-hybridized carbons (Fsp3) is 0.310. The van der Waals surface area contributed by atoms with Gasteiger partial charge in [0.1, 0.15) is 5.78 Å². The summed E-state index contributed by atoms with van der Waals surface area (Å²) in [6, 6.07) is 20.4. The SMILES string of the molecule is CCC(=O)NCc1ccc(-c2cc(CC(=O)C3(c4ccc5c(c4)OCO5)CC3)ccc2C)cc1. The molecule has 0 aromatic heterocycles. The molecule has 34 heavy (non-hydrogen) atoms. The lowest BCUT2D eigenvalue weighted by Gasteiger charge is -2.16. The number of hydrogen-bond acceptors (Lipinski definition) is 4. The fourth-order valence-corrected chi connectivity index (χ4v) is 4.62. The number of rotatable bonds is 8. The maximum atomic E-state index is 13.4. The molecule has 2 aliphatic rings. The average molecular weight is 456 g/mol. The minimum Gasteiger partial charge on any atom is -0.454 e. The van der Waals surface area contributed by atoms with E-state index in [1.54, 1.807) is 0 Å². The summed E-state index contributed by atoms with van der Waals surface area (Å²) in [7, 11) is 0. The van der Waals surface area contributed by atoms with E-state index in [1.165, 1.54) is 5.56 Å². The molecule has 5 heteroatoms. The molecule has 0 spiro atoms. The molecule has 174 valence electrons. The summed E-state index contributed by atoms with van der Waals surface area (Å²) >= 11 is 0. The Morgan fingerprint density at radius 1 is 0.912 bits per heavy atom. The van der Waals surface area contributed by atoms with Crippen LogP contribution in [0.5, 0.6) is 11.5 Å². The van der Waals surface area contributed by atoms with Gasteiger partial charge < -0.3 is 14.8 Å². The van der Waals surface area contributed by atoms with Gasteiger partial charge in [-0.25, -0.2) is 0 Å². The summed E-state index contributed by atoms with van der Waals surface area (Å²) in [5.74, 6) is 1.77. The predicted molar refractivity (Wildman–Crippen MR) is 131 cm³/mol. The summed E-state index contributed by atoms with van der Waals surface area (Å²) in [5.41, 5.74) is 6.11. The molecule has 1 amide bonds. The van der Waals surface area contributed by atoms with Gasteiger partial charge in [-0.3, -0.25) is 9.59 Å². The Kier molecular flexibility index (Phi) is 5.86. The van der Waals surface area contributed by atoms with Crippen molar-refractivity contribution < 1.29 is 19.1 Å². The first kappa shape index (κ1) is 22.2. The molecule has 1 aliphatic heterocycles. The van der Waals surface area contributed by atoms with Crippen molar-refractivity contribution >= 4 is 11.7 Å². The Balaban J connectivity index is 1.32. The number of hydrogen-bond donors (Lipinski definition) is 1. The number of Topliss-reactive ketones (excluding diaryl/α,β-unsaturated/α-hetero) is 1. The maximum Gasteiger partial charge on any atom is 0.231 e. The number of ether oxygens (including phenoxy) is 2. The monoisotopic (exact) mass is 455 g/mol. The molecule has 1 fully saturated rings. The Labute approximate surface area is 200 Å². The Morgan fingerprint density at radius 3 is 2.38 bits per heavy atom. The van der Waals surface area contributed by atoms with E-state index in [9.17, 15) is 9.59 Å². The van der Waals surface area contributed by atoms with Crippen LogP contribution >= 0.6 is 0 Å². The molecule has 0 saturated heterocycles. The van der Waals surface area contributed by atoms with E-state index in [0.29, 0.717) is 19.4 Å². The minimum absolute atomic E-state index is 0.0477. The van der Waals surface area contributed by atoms with Crippen LogP contribution in [-0.4, -0.2) is 18.5 Å². The Bertz CT molecular complexity index is 1240.